The standard InChI is InChI=1S/C16H15BrN4OS/c1-11(22)19-14-7-5-12(6-8-14)10-18-21-16(23)20-15-4-2-3-13(17)9-15/h2-10H,1H3,(H,19,22)(H2,20,21,23)/b18-10-. The number of benzene rings is 2. The summed E-state index contributed by atoms with van der Waals surface area (Å²) in [6.45, 7) is 1.47. The van der Waals surface area contributed by atoms with Crippen LogP contribution in [0.25, 0.3) is 0 Å². The molecule has 0 heterocycles. The largest absolute Gasteiger partial charge is 0.331 e. The van der Waals surface area contributed by atoms with Crippen LogP contribution in [0.1, 0.15) is 12.5 Å². The molecule has 5 nitrogen and oxygen atoms in total. The Labute approximate surface area is 148 Å². The number of halogens is 1. The van der Waals surface area contributed by atoms with Gasteiger partial charge in [0, 0.05) is 22.8 Å². The number of hydrazone groups is 1. The highest BCUT2D eigenvalue weighted by atomic mass is 79.9. The summed E-state index contributed by atoms with van der Waals surface area (Å²) in [6.07, 6.45) is 1.65. The SMILES string of the molecule is CC(=O)Nc1ccc(/C=N\NC(=S)Nc2cccc(Br)c2)cc1. The highest BCUT2D eigenvalue weighted by Crippen LogP contribution is 2.15. The van der Waals surface area contributed by atoms with E-state index < -0.39 is 0 Å². The van der Waals surface area contributed by atoms with Crippen LogP contribution >= 0.6 is 28.1 Å². The van der Waals surface area contributed by atoms with Crippen LogP contribution in [0.5, 0.6) is 0 Å². The van der Waals surface area contributed by atoms with E-state index in [9.17, 15) is 4.79 Å². The second-order valence-corrected chi connectivity index (χ2v) is 5.96. The van der Waals surface area contributed by atoms with Crippen LogP contribution in [0.15, 0.2) is 58.1 Å². The quantitative estimate of drug-likeness (QED) is 0.422. The number of amides is 1. The van der Waals surface area contributed by atoms with Crippen molar-refractivity contribution in [2.45, 2.75) is 6.92 Å². The first-order valence-corrected chi connectivity index (χ1v) is 7.96. The van der Waals surface area contributed by atoms with Crippen molar-refractivity contribution in [2.75, 3.05) is 10.6 Å². The van der Waals surface area contributed by atoms with E-state index in [-0.39, 0.29) is 5.91 Å². The Morgan fingerprint density at radius 2 is 1.87 bits per heavy atom. The Bertz CT molecular complexity index is 731. The van der Waals surface area contributed by atoms with E-state index in [1.807, 2.05) is 36.4 Å². The monoisotopic (exact) mass is 390 g/mol. The van der Waals surface area contributed by atoms with E-state index in [1.54, 1.807) is 18.3 Å². The van der Waals surface area contributed by atoms with Crippen molar-refractivity contribution in [2.24, 2.45) is 5.10 Å². The summed E-state index contributed by atoms with van der Waals surface area (Å²) < 4.78 is 0.966. The van der Waals surface area contributed by atoms with Crippen molar-refractivity contribution in [3.8, 4) is 0 Å². The maximum atomic E-state index is 10.9. The normalized spacial score (nSPS) is 10.3. The lowest BCUT2D eigenvalue weighted by Gasteiger charge is -2.07. The van der Waals surface area contributed by atoms with Crippen LogP contribution in [0.2, 0.25) is 0 Å². The first-order chi connectivity index (χ1) is 11.0. The fraction of sp³-hybridized carbons (Fsp3) is 0.0625. The molecule has 7 heteroatoms. The highest BCUT2D eigenvalue weighted by molar-refractivity contribution is 9.10. The van der Waals surface area contributed by atoms with Crippen LogP contribution in [-0.4, -0.2) is 17.2 Å². The predicted octanol–water partition coefficient (Wildman–Crippen LogP) is 3.73. The van der Waals surface area contributed by atoms with Gasteiger partial charge in [-0.15, -0.1) is 0 Å². The average molecular weight is 391 g/mol. The van der Waals surface area contributed by atoms with Crippen molar-refractivity contribution >= 4 is 56.8 Å². The Hall–Kier alpha value is -2.25. The number of hydrogen-bond donors (Lipinski definition) is 3. The molecular formula is C16H15BrN4OS. The fourth-order valence-corrected chi connectivity index (χ4v) is 2.32. The molecule has 2 aromatic rings. The minimum absolute atomic E-state index is 0.0999. The number of hydrogen-bond acceptors (Lipinski definition) is 3. The topological polar surface area (TPSA) is 65.5 Å². The van der Waals surface area contributed by atoms with Gasteiger partial charge in [-0.3, -0.25) is 10.2 Å². The van der Waals surface area contributed by atoms with E-state index >= 15 is 0 Å². The molecule has 0 aliphatic heterocycles. The number of anilines is 2. The lowest BCUT2D eigenvalue weighted by atomic mass is 10.2. The molecule has 0 saturated carbocycles. The zero-order chi connectivity index (χ0) is 16.7. The van der Waals surface area contributed by atoms with Gasteiger partial charge in [-0.2, -0.15) is 5.10 Å². The Morgan fingerprint density at radius 1 is 1.13 bits per heavy atom. The smallest absolute Gasteiger partial charge is 0.221 e. The second-order valence-electron chi connectivity index (χ2n) is 4.64. The van der Waals surface area contributed by atoms with Crippen molar-refractivity contribution in [3.63, 3.8) is 0 Å². The molecule has 0 fully saturated rings. The van der Waals surface area contributed by atoms with Crippen LogP contribution in [0, 0.1) is 0 Å². The zero-order valence-electron chi connectivity index (χ0n) is 12.3. The molecule has 0 atom stereocenters. The predicted molar refractivity (Wildman–Crippen MR) is 102 cm³/mol. The third kappa shape index (κ3) is 6.17. The minimum Gasteiger partial charge on any atom is -0.331 e. The van der Waals surface area contributed by atoms with Gasteiger partial charge >= 0.3 is 0 Å². The molecule has 1 amide bonds. The number of nitrogens with one attached hydrogen (secondary N) is 3. The summed E-state index contributed by atoms with van der Waals surface area (Å²) >= 11 is 8.56. The molecule has 0 aliphatic rings. The first-order valence-electron chi connectivity index (χ1n) is 6.76. The number of nitrogens with zero attached hydrogens (tertiary/aromatic N) is 1. The molecule has 0 radical (unpaired) electrons. The molecule has 0 aliphatic carbocycles. The molecule has 3 N–H and O–H groups in total. The maximum absolute atomic E-state index is 10.9. The van der Waals surface area contributed by atoms with Gasteiger partial charge in [0.2, 0.25) is 5.91 Å². The molecule has 23 heavy (non-hydrogen) atoms. The molecule has 0 spiro atoms. The van der Waals surface area contributed by atoms with Crippen LogP contribution in [0.3, 0.4) is 0 Å². The van der Waals surface area contributed by atoms with Crippen LogP contribution in [0.4, 0.5) is 11.4 Å². The molecule has 0 bridgehead atoms. The second kappa shape index (κ2) is 8.40. The van der Waals surface area contributed by atoms with Gasteiger partial charge in [-0.1, -0.05) is 34.1 Å². The van der Waals surface area contributed by atoms with E-state index in [1.165, 1.54) is 6.92 Å². The molecule has 0 aromatic heterocycles. The third-order valence-electron chi connectivity index (χ3n) is 2.69. The lowest BCUT2D eigenvalue weighted by Crippen LogP contribution is -2.23. The summed E-state index contributed by atoms with van der Waals surface area (Å²) in [5.41, 5.74) is 5.25. The fourth-order valence-electron chi connectivity index (χ4n) is 1.75. The summed E-state index contributed by atoms with van der Waals surface area (Å²) in [5.74, 6) is -0.0999. The van der Waals surface area contributed by atoms with E-state index in [0.717, 1.165) is 21.4 Å². The molecular weight excluding hydrogens is 376 g/mol. The molecule has 0 saturated heterocycles. The van der Waals surface area contributed by atoms with E-state index in [4.69, 9.17) is 12.2 Å². The highest BCUT2D eigenvalue weighted by Gasteiger charge is 1.97. The van der Waals surface area contributed by atoms with Crippen molar-refractivity contribution in [1.82, 2.24) is 5.43 Å². The molecule has 2 rings (SSSR count). The molecule has 0 unspecified atom stereocenters. The summed E-state index contributed by atoms with van der Waals surface area (Å²) in [4.78, 5) is 10.9. The Kier molecular flexibility index (Phi) is 6.25. The van der Waals surface area contributed by atoms with E-state index in [0.29, 0.717) is 5.11 Å². The number of thiocarbonyl (C=S) groups is 1. The summed E-state index contributed by atoms with van der Waals surface area (Å²) in [6, 6.07) is 15.0. The van der Waals surface area contributed by atoms with Gasteiger partial charge in [-0.05, 0) is 48.1 Å². The van der Waals surface area contributed by atoms with Gasteiger partial charge < -0.3 is 10.6 Å². The van der Waals surface area contributed by atoms with Gasteiger partial charge in [0.25, 0.3) is 0 Å². The van der Waals surface area contributed by atoms with Crippen LogP contribution < -0.4 is 16.1 Å². The third-order valence-corrected chi connectivity index (χ3v) is 3.38. The van der Waals surface area contributed by atoms with E-state index in [2.05, 4.69) is 37.1 Å². The minimum atomic E-state index is -0.0999. The van der Waals surface area contributed by atoms with Gasteiger partial charge in [0.15, 0.2) is 5.11 Å². The van der Waals surface area contributed by atoms with Gasteiger partial charge in [0.05, 0.1) is 6.21 Å². The Morgan fingerprint density at radius 3 is 2.52 bits per heavy atom. The first kappa shape index (κ1) is 17.1. The van der Waals surface area contributed by atoms with Crippen LogP contribution in [-0.2, 0) is 4.79 Å². The number of carbonyl (C=O) groups excluding carboxylic acids is 1. The summed E-state index contributed by atoms with van der Waals surface area (Å²) in [7, 11) is 0. The van der Waals surface area contributed by atoms with Crippen molar-refractivity contribution in [1.29, 1.82) is 0 Å². The molecule has 118 valence electrons. The van der Waals surface area contributed by atoms with Gasteiger partial charge in [-0.25, -0.2) is 0 Å². The van der Waals surface area contributed by atoms with Gasteiger partial charge in [0.1, 0.15) is 0 Å². The number of rotatable bonds is 4. The number of carbonyl (C=O) groups is 1. The molecule has 2 aromatic carbocycles. The van der Waals surface area contributed by atoms with Crippen molar-refractivity contribution < 1.29 is 4.79 Å². The average Bonchev–Trinajstić information content (AvgIpc) is 2.48. The maximum Gasteiger partial charge on any atom is 0.221 e. The zero-order valence-corrected chi connectivity index (χ0v) is 14.7. The lowest BCUT2D eigenvalue weighted by molar-refractivity contribution is -0.114. The summed E-state index contributed by atoms with van der Waals surface area (Å²) in [5, 5.41) is 10.2. The Balaban J connectivity index is 1.86. The van der Waals surface area contributed by atoms with Crippen molar-refractivity contribution in [3.05, 3.63) is 58.6 Å².